The van der Waals surface area contributed by atoms with Crippen molar-refractivity contribution in [1.82, 2.24) is 19.4 Å². The van der Waals surface area contributed by atoms with Crippen LogP contribution >= 0.6 is 0 Å². The van der Waals surface area contributed by atoms with Crippen molar-refractivity contribution in [3.63, 3.8) is 0 Å². The summed E-state index contributed by atoms with van der Waals surface area (Å²) >= 11 is 0. The zero-order chi connectivity index (χ0) is 27.1. The number of nitrogens with zero attached hydrogens (tertiary/aromatic N) is 6. The second-order valence-electron chi connectivity index (χ2n) is 9.31. The molecule has 0 bridgehead atoms. The van der Waals surface area contributed by atoms with Gasteiger partial charge in [-0.1, -0.05) is 26.5 Å². The summed E-state index contributed by atoms with van der Waals surface area (Å²) in [4.78, 5) is 29.0. The second kappa shape index (κ2) is 10.1. The fourth-order valence-electron chi connectivity index (χ4n) is 5.10. The van der Waals surface area contributed by atoms with E-state index in [4.69, 9.17) is 6.57 Å². The van der Waals surface area contributed by atoms with Crippen LogP contribution in [0.15, 0.2) is 35.1 Å². The molecule has 7 nitrogen and oxygen atoms in total. The highest BCUT2D eigenvalue weighted by Crippen LogP contribution is 2.36. The quantitative estimate of drug-likeness (QED) is 0.332. The van der Waals surface area contributed by atoms with Crippen molar-refractivity contribution in [2.24, 2.45) is 7.05 Å². The fraction of sp³-hybridized carbons (Fsp3) is 0.462. The molecular formula is C26H28F4N6O. The van der Waals surface area contributed by atoms with E-state index in [1.54, 1.807) is 26.1 Å². The minimum absolute atomic E-state index is 0.0931. The highest BCUT2D eigenvalue weighted by molar-refractivity contribution is 5.87. The second-order valence-corrected chi connectivity index (χ2v) is 9.31. The maximum atomic E-state index is 14.8. The van der Waals surface area contributed by atoms with Gasteiger partial charge in [-0.3, -0.25) is 9.47 Å². The first-order valence-electron chi connectivity index (χ1n) is 12.1. The largest absolute Gasteiger partial charge is 0.416 e. The van der Waals surface area contributed by atoms with Crippen LogP contribution < -0.4 is 10.6 Å². The summed E-state index contributed by atoms with van der Waals surface area (Å²) < 4.78 is 55.4. The van der Waals surface area contributed by atoms with E-state index in [2.05, 4.69) is 19.7 Å². The van der Waals surface area contributed by atoms with Crippen molar-refractivity contribution in [2.45, 2.75) is 57.9 Å². The molecular weight excluding hydrogens is 488 g/mol. The van der Waals surface area contributed by atoms with Crippen LogP contribution in [-0.2, 0) is 13.2 Å². The molecule has 0 amide bonds. The maximum absolute atomic E-state index is 14.8. The Labute approximate surface area is 212 Å². The van der Waals surface area contributed by atoms with E-state index in [1.807, 2.05) is 18.7 Å². The van der Waals surface area contributed by atoms with Gasteiger partial charge in [-0.2, -0.15) is 18.2 Å². The van der Waals surface area contributed by atoms with Gasteiger partial charge in [0.2, 0.25) is 5.52 Å². The van der Waals surface area contributed by atoms with Gasteiger partial charge in [0.1, 0.15) is 5.82 Å². The van der Waals surface area contributed by atoms with Crippen LogP contribution in [0.1, 0.15) is 50.8 Å². The van der Waals surface area contributed by atoms with Crippen molar-refractivity contribution in [2.75, 3.05) is 18.0 Å². The standard InChI is InChI=1S/C26H28F4N6O/c1-6-17-14-36(24-23-21(34(5)25(37)33-24)10-11-22(31-4)32-23)18(7-2)13-35(17)15(3)19-9-8-16(12-20(19)27)26(28,29)30/h8-12,15,17-18H,6-7,13-14H2,1-3,5H3/t15?,17-,18+/m1/s1. The summed E-state index contributed by atoms with van der Waals surface area (Å²) in [5.74, 6) is -0.288. The number of pyridine rings is 1. The Balaban J connectivity index is 1.73. The molecule has 0 spiro atoms. The molecule has 1 aliphatic heterocycles. The van der Waals surface area contributed by atoms with Crippen molar-refractivity contribution in [3.8, 4) is 0 Å². The molecule has 3 heterocycles. The van der Waals surface area contributed by atoms with Gasteiger partial charge in [-0.05, 0) is 44.0 Å². The van der Waals surface area contributed by atoms with Gasteiger partial charge in [0.15, 0.2) is 5.82 Å². The number of hydrogen-bond acceptors (Lipinski definition) is 5. The Bertz CT molecular complexity index is 1410. The van der Waals surface area contributed by atoms with Gasteiger partial charge >= 0.3 is 11.9 Å². The van der Waals surface area contributed by atoms with Crippen LogP contribution in [0.3, 0.4) is 0 Å². The first-order chi connectivity index (χ1) is 17.5. The third kappa shape index (κ3) is 4.90. The lowest BCUT2D eigenvalue weighted by molar-refractivity contribution is -0.137. The molecule has 4 rings (SSSR count). The lowest BCUT2D eigenvalue weighted by Gasteiger charge is -2.49. The van der Waals surface area contributed by atoms with Crippen LogP contribution in [0.5, 0.6) is 0 Å². The normalized spacial score (nSPS) is 19.7. The lowest BCUT2D eigenvalue weighted by Crippen LogP contribution is -2.59. The van der Waals surface area contributed by atoms with E-state index in [-0.39, 0.29) is 23.5 Å². The van der Waals surface area contributed by atoms with Crippen LogP contribution in [0, 0.1) is 12.4 Å². The van der Waals surface area contributed by atoms with Crippen molar-refractivity contribution in [3.05, 3.63) is 69.2 Å². The minimum atomic E-state index is -4.61. The van der Waals surface area contributed by atoms with Gasteiger partial charge in [-0.25, -0.2) is 9.18 Å². The summed E-state index contributed by atoms with van der Waals surface area (Å²) in [7, 11) is 1.60. The van der Waals surface area contributed by atoms with Gasteiger partial charge in [0.05, 0.1) is 11.1 Å². The summed E-state index contributed by atoms with van der Waals surface area (Å²) in [6.07, 6.45) is -3.25. The number of benzene rings is 1. The first kappa shape index (κ1) is 26.5. The summed E-state index contributed by atoms with van der Waals surface area (Å²) in [6, 6.07) is 5.25. The number of fused-ring (bicyclic) bond motifs is 1. The fourth-order valence-corrected chi connectivity index (χ4v) is 5.10. The minimum Gasteiger partial charge on any atom is -0.361 e. The van der Waals surface area contributed by atoms with Crippen molar-refractivity contribution < 1.29 is 17.6 Å². The van der Waals surface area contributed by atoms with E-state index < -0.39 is 29.3 Å². The first-order valence-corrected chi connectivity index (χ1v) is 12.1. The molecule has 0 aliphatic carbocycles. The highest BCUT2D eigenvalue weighted by Gasteiger charge is 2.38. The van der Waals surface area contributed by atoms with Gasteiger partial charge in [0, 0.05) is 43.8 Å². The number of rotatable bonds is 5. The molecule has 11 heteroatoms. The van der Waals surface area contributed by atoms with Crippen LogP contribution in [0.25, 0.3) is 15.9 Å². The molecule has 1 saturated heterocycles. The SMILES string of the molecule is [C-]#[N+]c1ccc2c(n1)c(N1C[C@@H](CC)N(C(C)c3ccc(C(F)(F)F)cc3F)C[C@@H]1CC)nc(=O)n2C. The van der Waals surface area contributed by atoms with Crippen molar-refractivity contribution in [1.29, 1.82) is 0 Å². The Morgan fingerprint density at radius 2 is 1.81 bits per heavy atom. The third-order valence-electron chi connectivity index (χ3n) is 7.26. The molecule has 196 valence electrons. The topological polar surface area (TPSA) is 58.6 Å². The average molecular weight is 517 g/mol. The Kier molecular flexibility index (Phi) is 7.24. The number of aromatic nitrogens is 3. The molecule has 1 aromatic carbocycles. The van der Waals surface area contributed by atoms with Crippen molar-refractivity contribution >= 4 is 22.7 Å². The smallest absolute Gasteiger partial charge is 0.361 e. The number of piperazine rings is 1. The van der Waals surface area contributed by atoms with Gasteiger partial charge in [0.25, 0.3) is 5.82 Å². The summed E-state index contributed by atoms with van der Waals surface area (Å²) in [6.45, 7) is 14.1. The molecule has 37 heavy (non-hydrogen) atoms. The van der Waals surface area contributed by atoms with E-state index in [0.29, 0.717) is 48.8 Å². The molecule has 2 aromatic heterocycles. The van der Waals surface area contributed by atoms with Gasteiger partial charge in [-0.15, -0.1) is 4.98 Å². The molecule has 1 unspecified atom stereocenters. The Morgan fingerprint density at radius 3 is 2.41 bits per heavy atom. The predicted molar refractivity (Wildman–Crippen MR) is 133 cm³/mol. The average Bonchev–Trinajstić information content (AvgIpc) is 2.88. The molecule has 1 fully saturated rings. The monoisotopic (exact) mass is 516 g/mol. The zero-order valence-electron chi connectivity index (χ0n) is 21.1. The lowest BCUT2D eigenvalue weighted by atomic mass is 9.96. The molecule has 0 radical (unpaired) electrons. The molecule has 1 aliphatic rings. The number of alkyl halides is 3. The third-order valence-corrected chi connectivity index (χ3v) is 7.26. The van der Waals surface area contributed by atoms with Gasteiger partial charge < -0.3 is 9.74 Å². The Hall–Kier alpha value is -3.52. The summed E-state index contributed by atoms with van der Waals surface area (Å²) in [5, 5.41) is 0. The number of halogens is 4. The maximum Gasteiger partial charge on any atom is 0.416 e. The Morgan fingerprint density at radius 1 is 1.11 bits per heavy atom. The molecule has 0 saturated carbocycles. The number of hydrogen-bond donors (Lipinski definition) is 0. The van der Waals surface area contributed by atoms with E-state index in [0.717, 1.165) is 6.07 Å². The van der Waals surface area contributed by atoms with E-state index >= 15 is 0 Å². The van der Waals surface area contributed by atoms with Crippen LogP contribution in [0.2, 0.25) is 0 Å². The molecule has 3 atom stereocenters. The molecule has 3 aromatic rings. The van der Waals surface area contributed by atoms with Crippen LogP contribution in [0.4, 0.5) is 29.2 Å². The van der Waals surface area contributed by atoms with Crippen LogP contribution in [-0.4, -0.2) is 44.6 Å². The van der Waals surface area contributed by atoms with E-state index in [1.165, 1.54) is 10.6 Å². The number of aryl methyl sites for hydroxylation is 1. The number of anilines is 1. The molecule has 0 N–H and O–H groups in total. The van der Waals surface area contributed by atoms with E-state index in [9.17, 15) is 22.4 Å². The highest BCUT2D eigenvalue weighted by atomic mass is 19.4. The zero-order valence-corrected chi connectivity index (χ0v) is 21.1. The predicted octanol–water partition coefficient (Wildman–Crippen LogP) is 5.48. The summed E-state index contributed by atoms with van der Waals surface area (Å²) in [5.41, 5.74) is -0.230.